The molecule has 2 aliphatic rings. The Balaban J connectivity index is 0.000000161. The highest BCUT2D eigenvalue weighted by Crippen LogP contribution is 2.43. The molecule has 14 heteroatoms. The van der Waals surface area contributed by atoms with Gasteiger partial charge in [0.05, 0.1) is 27.4 Å². The van der Waals surface area contributed by atoms with Gasteiger partial charge >= 0.3 is 23.5 Å². The fourth-order valence-corrected chi connectivity index (χ4v) is 5.23. The molecule has 6 rings (SSSR count). The van der Waals surface area contributed by atoms with Crippen molar-refractivity contribution in [3.8, 4) is 0 Å². The summed E-state index contributed by atoms with van der Waals surface area (Å²) in [5, 5.41) is 18.1. The van der Waals surface area contributed by atoms with E-state index in [1.165, 1.54) is 47.5 Å². The number of aryl methyl sites for hydroxylation is 2. The molecule has 0 unspecified atom stereocenters. The molecule has 0 amide bonds. The van der Waals surface area contributed by atoms with E-state index in [4.69, 9.17) is 42.2 Å². The van der Waals surface area contributed by atoms with Gasteiger partial charge in [-0.05, 0) is 37.1 Å². The van der Waals surface area contributed by atoms with Gasteiger partial charge in [-0.3, -0.25) is 28.3 Å². The van der Waals surface area contributed by atoms with Gasteiger partial charge < -0.3 is 19.0 Å². The molecule has 2 aliphatic carbocycles. The number of carboxylic acid groups (broad SMARTS) is 2. The second kappa shape index (κ2) is 9.79. The first-order valence-corrected chi connectivity index (χ1v) is 12.7. The van der Waals surface area contributed by atoms with Gasteiger partial charge in [-0.1, -0.05) is 23.2 Å². The van der Waals surface area contributed by atoms with Crippen molar-refractivity contribution in [2.45, 2.75) is 12.8 Å². The SMILES string of the molecule is Cn1c(=O)oc2c(Cl)cc(C(=O)[C@H]3C[C@@H]3C(=O)O)cc21.Cn1c(=O)oc2cc(C(=O)[C@H]3C[C@@H]3C(=O)O)cc(Cl)c21. The van der Waals surface area contributed by atoms with E-state index < -0.39 is 47.1 Å². The average molecular weight is 591 g/mol. The molecule has 0 radical (unpaired) electrons. The zero-order valence-corrected chi connectivity index (χ0v) is 22.4. The van der Waals surface area contributed by atoms with Gasteiger partial charge in [0.25, 0.3) is 0 Å². The van der Waals surface area contributed by atoms with Gasteiger partial charge in [-0.15, -0.1) is 0 Å². The van der Waals surface area contributed by atoms with Crippen LogP contribution in [-0.4, -0.2) is 42.9 Å². The Morgan fingerprint density at radius 1 is 0.750 bits per heavy atom. The van der Waals surface area contributed by atoms with Crippen LogP contribution >= 0.6 is 23.2 Å². The number of rotatable bonds is 6. The second-order valence-corrected chi connectivity index (χ2v) is 10.6. The zero-order valence-electron chi connectivity index (χ0n) is 20.8. The van der Waals surface area contributed by atoms with Crippen molar-refractivity contribution in [2.75, 3.05) is 0 Å². The highest BCUT2D eigenvalue weighted by Gasteiger charge is 2.49. The van der Waals surface area contributed by atoms with E-state index in [2.05, 4.69) is 0 Å². The summed E-state index contributed by atoms with van der Waals surface area (Å²) >= 11 is 12.1. The zero-order chi connectivity index (χ0) is 29.2. The van der Waals surface area contributed by atoms with Crippen LogP contribution in [0.25, 0.3) is 22.2 Å². The van der Waals surface area contributed by atoms with Crippen molar-refractivity contribution < 1.29 is 38.2 Å². The molecule has 2 heterocycles. The summed E-state index contributed by atoms with van der Waals surface area (Å²) in [6.07, 6.45) is 0.677. The topological polar surface area (TPSA) is 179 Å². The molecule has 0 aliphatic heterocycles. The Morgan fingerprint density at radius 2 is 1.25 bits per heavy atom. The van der Waals surface area contributed by atoms with Crippen LogP contribution in [0.4, 0.5) is 0 Å². The number of hydrogen-bond donors (Lipinski definition) is 2. The number of hydrogen-bond acceptors (Lipinski definition) is 8. The number of benzene rings is 2. The molecular formula is C26H20Cl2N2O10. The summed E-state index contributed by atoms with van der Waals surface area (Å²) in [4.78, 5) is 68.8. The number of fused-ring (bicyclic) bond motifs is 2. The average Bonchev–Trinajstić information content (AvgIpc) is 3.80. The van der Waals surface area contributed by atoms with Crippen LogP contribution in [0, 0.1) is 23.7 Å². The highest BCUT2D eigenvalue weighted by atomic mass is 35.5. The molecule has 208 valence electrons. The van der Waals surface area contributed by atoms with E-state index in [-0.39, 0.29) is 38.3 Å². The van der Waals surface area contributed by atoms with E-state index in [1.54, 1.807) is 0 Å². The normalized spacial score (nSPS) is 21.1. The lowest BCUT2D eigenvalue weighted by atomic mass is 10.1. The number of halogens is 2. The Hall–Kier alpha value is -4.16. The fraction of sp³-hybridized carbons (Fsp3) is 0.308. The smallest absolute Gasteiger partial charge is 0.419 e. The Bertz CT molecular complexity index is 1880. The lowest BCUT2D eigenvalue weighted by Gasteiger charge is -2.02. The van der Waals surface area contributed by atoms with E-state index >= 15 is 0 Å². The first-order valence-electron chi connectivity index (χ1n) is 11.9. The van der Waals surface area contributed by atoms with Gasteiger partial charge in [0.15, 0.2) is 22.7 Å². The maximum Gasteiger partial charge on any atom is 0.419 e. The van der Waals surface area contributed by atoms with E-state index in [0.717, 1.165) is 0 Å². The molecule has 0 saturated heterocycles. The van der Waals surface area contributed by atoms with Crippen molar-refractivity contribution in [2.24, 2.45) is 37.8 Å². The quantitative estimate of drug-likeness (QED) is 0.316. The maximum atomic E-state index is 12.2. The third kappa shape index (κ3) is 4.73. The number of carbonyl (C=O) groups excluding carboxylic acids is 2. The van der Waals surface area contributed by atoms with Gasteiger partial charge in [0.2, 0.25) is 0 Å². The number of carboxylic acids is 2. The Morgan fingerprint density at radius 3 is 1.77 bits per heavy atom. The Kier molecular flexibility index (Phi) is 6.71. The van der Waals surface area contributed by atoms with Crippen molar-refractivity contribution in [3.63, 3.8) is 0 Å². The van der Waals surface area contributed by atoms with Crippen molar-refractivity contribution in [1.82, 2.24) is 9.13 Å². The Labute approximate surface area is 233 Å². The highest BCUT2D eigenvalue weighted by molar-refractivity contribution is 6.35. The molecule has 2 saturated carbocycles. The summed E-state index contributed by atoms with van der Waals surface area (Å²) < 4.78 is 12.5. The van der Waals surface area contributed by atoms with E-state index in [9.17, 15) is 28.8 Å². The minimum absolute atomic E-state index is 0.163. The number of Topliss-reactive ketones (excluding diaryl/α,β-unsaturated/α-hetero) is 2. The number of carbonyl (C=O) groups is 4. The van der Waals surface area contributed by atoms with Crippen molar-refractivity contribution >= 4 is 68.9 Å². The summed E-state index contributed by atoms with van der Waals surface area (Å²) in [6, 6.07) is 5.79. The van der Waals surface area contributed by atoms with Crippen LogP contribution in [0.2, 0.25) is 10.0 Å². The summed E-state index contributed by atoms with van der Waals surface area (Å²) in [5.41, 5.74) is 1.84. The lowest BCUT2D eigenvalue weighted by molar-refractivity contribution is -0.139. The third-order valence-corrected chi connectivity index (χ3v) is 7.71. The van der Waals surface area contributed by atoms with E-state index in [0.29, 0.717) is 29.4 Å². The van der Waals surface area contributed by atoms with Crippen LogP contribution in [-0.2, 0) is 23.7 Å². The van der Waals surface area contributed by atoms with Crippen LogP contribution in [0.3, 0.4) is 0 Å². The lowest BCUT2D eigenvalue weighted by Crippen LogP contribution is -2.10. The molecule has 2 aromatic carbocycles. The molecule has 0 spiro atoms. The van der Waals surface area contributed by atoms with Crippen molar-refractivity contribution in [3.05, 3.63) is 66.5 Å². The molecule has 4 atom stereocenters. The van der Waals surface area contributed by atoms with Gasteiger partial charge in [-0.25, -0.2) is 9.59 Å². The number of ketones is 2. The molecule has 2 N–H and O–H groups in total. The minimum atomic E-state index is -0.971. The number of oxazole rings is 2. The summed E-state index contributed by atoms with van der Waals surface area (Å²) in [6.45, 7) is 0. The second-order valence-electron chi connectivity index (χ2n) is 9.77. The van der Waals surface area contributed by atoms with Crippen LogP contribution < -0.4 is 11.5 Å². The van der Waals surface area contributed by atoms with Crippen LogP contribution in [0.15, 0.2) is 42.7 Å². The number of nitrogens with zero attached hydrogens (tertiary/aromatic N) is 2. The minimum Gasteiger partial charge on any atom is -0.481 e. The molecule has 40 heavy (non-hydrogen) atoms. The predicted molar refractivity (Wildman–Crippen MR) is 140 cm³/mol. The van der Waals surface area contributed by atoms with Crippen LogP contribution in [0.1, 0.15) is 33.6 Å². The molecule has 4 aromatic rings. The monoisotopic (exact) mass is 590 g/mol. The molecule has 0 bridgehead atoms. The van der Waals surface area contributed by atoms with Gasteiger partial charge in [0.1, 0.15) is 5.52 Å². The maximum absolute atomic E-state index is 12.2. The predicted octanol–water partition coefficient (Wildman–Crippen LogP) is 3.38. The molecular weight excluding hydrogens is 571 g/mol. The fourth-order valence-electron chi connectivity index (χ4n) is 4.64. The molecule has 2 aromatic heterocycles. The third-order valence-electron chi connectivity index (χ3n) is 7.14. The molecule has 12 nitrogen and oxygen atoms in total. The summed E-state index contributed by atoms with van der Waals surface area (Å²) in [7, 11) is 3.03. The van der Waals surface area contributed by atoms with E-state index in [1.807, 2.05) is 0 Å². The number of aromatic nitrogens is 2. The number of aliphatic carboxylic acids is 2. The summed E-state index contributed by atoms with van der Waals surface area (Å²) in [5.74, 6) is -5.90. The van der Waals surface area contributed by atoms with Crippen LogP contribution in [0.5, 0.6) is 0 Å². The van der Waals surface area contributed by atoms with Crippen molar-refractivity contribution in [1.29, 1.82) is 0 Å². The first kappa shape index (κ1) is 27.4. The first-order chi connectivity index (χ1) is 18.8. The van der Waals surface area contributed by atoms with Gasteiger partial charge in [-0.2, -0.15) is 0 Å². The standard InChI is InChI=1S/2C13H10ClNO5/c1-15-10-8(14)2-5(3-9(10)20-13(15)19)11(16)6-4-7(6)12(17)18;1-15-9-3-5(2-8(14)11(9)20-13(15)19)10(16)6-4-7(6)12(17)18/h2*2-3,6-7H,4H2,1H3,(H,17,18)/t2*6-,7-/m00/s1. The largest absolute Gasteiger partial charge is 0.481 e. The van der Waals surface area contributed by atoms with Gasteiger partial charge in [0, 0.05) is 37.1 Å². The molecule has 2 fully saturated rings.